The van der Waals surface area contributed by atoms with Gasteiger partial charge in [-0.05, 0) is 36.0 Å². The average molecular weight is 389 g/mol. The molecule has 26 heavy (non-hydrogen) atoms. The van der Waals surface area contributed by atoms with Crippen LogP contribution in [-0.2, 0) is 16.0 Å². The molecule has 2 aromatic carbocycles. The topological polar surface area (TPSA) is 63.2 Å². The molecule has 5 nitrogen and oxygen atoms in total. The molecule has 0 aliphatic rings. The first-order chi connectivity index (χ1) is 12.5. The van der Waals surface area contributed by atoms with Crippen molar-refractivity contribution in [2.75, 3.05) is 12.4 Å². The summed E-state index contributed by atoms with van der Waals surface area (Å²) in [5, 5.41) is 6.67. The van der Waals surface area contributed by atoms with Gasteiger partial charge in [0.25, 0.3) is 0 Å². The number of ether oxygens (including phenoxy) is 1. The minimum Gasteiger partial charge on any atom is -0.467 e. The predicted molar refractivity (Wildman–Crippen MR) is 105 cm³/mol. The molecule has 0 fully saturated rings. The van der Waals surface area contributed by atoms with Crippen molar-refractivity contribution < 1.29 is 13.9 Å². The highest BCUT2D eigenvalue weighted by atomic mass is 32.1. The lowest BCUT2D eigenvalue weighted by molar-refractivity contribution is -0.142. The Morgan fingerprint density at radius 1 is 1.31 bits per heavy atom. The Morgan fingerprint density at radius 3 is 2.81 bits per heavy atom. The lowest BCUT2D eigenvalue weighted by Gasteiger charge is -2.18. The lowest BCUT2D eigenvalue weighted by Crippen LogP contribution is -2.44. The van der Waals surface area contributed by atoms with Crippen molar-refractivity contribution >= 4 is 50.0 Å². The number of fused-ring (bicyclic) bond motifs is 1. The van der Waals surface area contributed by atoms with E-state index >= 15 is 0 Å². The minimum atomic E-state index is -0.630. The highest BCUT2D eigenvalue weighted by Crippen LogP contribution is 2.26. The molecule has 3 aromatic rings. The summed E-state index contributed by atoms with van der Waals surface area (Å²) < 4.78 is 18.8. The van der Waals surface area contributed by atoms with Gasteiger partial charge in [0.1, 0.15) is 11.9 Å². The van der Waals surface area contributed by atoms with Gasteiger partial charge in [-0.1, -0.05) is 41.7 Å². The standard InChI is InChI=1S/C18H16FN3O2S2/c1-24-16(23)14(9-11-5-3-2-4-6-11)20-17(25)22-18-21-13-8-7-12(19)10-15(13)26-18/h2-8,10,14H,9H2,1H3,(H2,20,21,22,25)/t14-/m0/s1. The maximum Gasteiger partial charge on any atom is 0.328 e. The number of thiocarbonyl (C=S) groups is 1. The third kappa shape index (κ3) is 4.53. The Labute approximate surface area is 159 Å². The maximum absolute atomic E-state index is 13.3. The van der Waals surface area contributed by atoms with Gasteiger partial charge in [-0.2, -0.15) is 0 Å². The van der Waals surface area contributed by atoms with E-state index in [9.17, 15) is 9.18 Å². The number of nitrogens with one attached hydrogen (secondary N) is 2. The molecule has 0 saturated heterocycles. The number of hydrogen-bond acceptors (Lipinski definition) is 5. The molecule has 0 saturated carbocycles. The molecule has 1 aromatic heterocycles. The van der Waals surface area contributed by atoms with E-state index in [0.717, 1.165) is 5.56 Å². The van der Waals surface area contributed by atoms with Gasteiger partial charge in [0.2, 0.25) is 0 Å². The molecule has 8 heteroatoms. The summed E-state index contributed by atoms with van der Waals surface area (Å²) in [5.41, 5.74) is 1.66. The number of carbonyl (C=O) groups excluding carboxylic acids is 1. The van der Waals surface area contributed by atoms with Gasteiger partial charge in [-0.3, -0.25) is 0 Å². The number of carbonyl (C=O) groups is 1. The van der Waals surface area contributed by atoms with Crippen LogP contribution in [0.2, 0.25) is 0 Å². The van der Waals surface area contributed by atoms with E-state index in [1.54, 1.807) is 6.07 Å². The molecule has 0 aliphatic heterocycles. The highest BCUT2D eigenvalue weighted by Gasteiger charge is 2.21. The number of thiazole rings is 1. The summed E-state index contributed by atoms with van der Waals surface area (Å²) in [7, 11) is 1.33. The van der Waals surface area contributed by atoms with E-state index in [1.807, 2.05) is 30.3 Å². The fourth-order valence-corrected chi connectivity index (χ4v) is 3.63. The summed E-state index contributed by atoms with van der Waals surface area (Å²) >= 11 is 6.57. The van der Waals surface area contributed by atoms with Crippen LogP contribution in [0.5, 0.6) is 0 Å². The van der Waals surface area contributed by atoms with E-state index in [4.69, 9.17) is 17.0 Å². The first-order valence-electron chi connectivity index (χ1n) is 7.80. The smallest absolute Gasteiger partial charge is 0.328 e. The summed E-state index contributed by atoms with van der Waals surface area (Å²) in [5.74, 6) is -0.730. The molecule has 3 rings (SSSR count). The van der Waals surface area contributed by atoms with Crippen LogP contribution in [-0.4, -0.2) is 29.2 Å². The Kier molecular flexibility index (Phi) is 5.75. The second-order valence-corrected chi connectivity index (χ2v) is 6.93. The van der Waals surface area contributed by atoms with Gasteiger partial charge in [-0.25, -0.2) is 14.2 Å². The summed E-state index contributed by atoms with van der Waals surface area (Å²) in [6, 6.07) is 13.3. The van der Waals surface area contributed by atoms with Gasteiger partial charge in [0.05, 0.1) is 17.3 Å². The molecule has 0 aliphatic carbocycles. The first kappa shape index (κ1) is 18.2. The number of anilines is 1. The molecule has 1 heterocycles. The third-order valence-corrected chi connectivity index (χ3v) is 4.80. The van der Waals surface area contributed by atoms with Crippen molar-refractivity contribution in [3.05, 3.63) is 59.9 Å². The summed E-state index contributed by atoms with van der Waals surface area (Å²) in [6.07, 6.45) is 0.431. The summed E-state index contributed by atoms with van der Waals surface area (Å²) in [4.78, 5) is 16.4. The molecule has 2 N–H and O–H groups in total. The van der Waals surface area contributed by atoms with Crippen LogP contribution in [0.25, 0.3) is 10.2 Å². The largest absolute Gasteiger partial charge is 0.467 e. The van der Waals surface area contributed by atoms with Gasteiger partial charge < -0.3 is 15.4 Å². The Hall–Kier alpha value is -2.58. The lowest BCUT2D eigenvalue weighted by atomic mass is 10.1. The van der Waals surface area contributed by atoms with Gasteiger partial charge in [0, 0.05) is 6.42 Å². The fraction of sp³-hybridized carbons (Fsp3) is 0.167. The molecule has 1 atom stereocenters. The van der Waals surface area contributed by atoms with Crippen LogP contribution in [0, 0.1) is 5.82 Å². The van der Waals surface area contributed by atoms with E-state index in [2.05, 4.69) is 15.6 Å². The van der Waals surface area contributed by atoms with Crippen molar-refractivity contribution in [1.29, 1.82) is 0 Å². The summed E-state index contributed by atoms with van der Waals surface area (Å²) in [6.45, 7) is 0. The number of methoxy groups -OCH3 is 1. The van der Waals surface area contributed by atoms with Crippen LogP contribution in [0.15, 0.2) is 48.5 Å². The van der Waals surface area contributed by atoms with Crippen molar-refractivity contribution in [3.8, 4) is 0 Å². The molecule has 0 bridgehead atoms. The number of halogens is 1. The number of rotatable bonds is 5. The van der Waals surface area contributed by atoms with Crippen LogP contribution >= 0.6 is 23.6 Å². The second kappa shape index (κ2) is 8.20. The highest BCUT2D eigenvalue weighted by molar-refractivity contribution is 7.80. The van der Waals surface area contributed by atoms with E-state index in [1.165, 1.54) is 30.6 Å². The minimum absolute atomic E-state index is 0.246. The zero-order valence-electron chi connectivity index (χ0n) is 13.9. The van der Waals surface area contributed by atoms with Crippen molar-refractivity contribution in [2.45, 2.75) is 12.5 Å². The van der Waals surface area contributed by atoms with Gasteiger partial charge >= 0.3 is 5.97 Å². The van der Waals surface area contributed by atoms with E-state index in [0.29, 0.717) is 21.8 Å². The van der Waals surface area contributed by atoms with Crippen LogP contribution < -0.4 is 10.6 Å². The molecule has 0 unspecified atom stereocenters. The molecule has 0 amide bonds. The van der Waals surface area contributed by atoms with Gasteiger partial charge in [-0.15, -0.1) is 0 Å². The molecule has 134 valence electrons. The van der Waals surface area contributed by atoms with Crippen LogP contribution in [0.3, 0.4) is 0 Å². The zero-order valence-corrected chi connectivity index (χ0v) is 15.5. The fourth-order valence-electron chi connectivity index (χ4n) is 2.43. The first-order valence-corrected chi connectivity index (χ1v) is 9.03. The normalized spacial score (nSPS) is 11.8. The third-order valence-electron chi connectivity index (χ3n) is 3.64. The van der Waals surface area contributed by atoms with E-state index < -0.39 is 12.0 Å². The average Bonchev–Trinajstić information content (AvgIpc) is 3.02. The Morgan fingerprint density at radius 2 is 2.08 bits per heavy atom. The number of esters is 1. The van der Waals surface area contributed by atoms with Crippen molar-refractivity contribution in [3.63, 3.8) is 0 Å². The monoisotopic (exact) mass is 389 g/mol. The number of nitrogens with zero attached hydrogens (tertiary/aromatic N) is 1. The van der Waals surface area contributed by atoms with E-state index in [-0.39, 0.29) is 10.9 Å². The SMILES string of the molecule is COC(=O)[C@H](Cc1ccccc1)NC(=S)Nc1nc2ccc(F)cc2s1. The molecular formula is C18H16FN3O2S2. The molecule has 0 radical (unpaired) electrons. The maximum atomic E-state index is 13.3. The molecular weight excluding hydrogens is 373 g/mol. The van der Waals surface area contributed by atoms with Gasteiger partial charge in [0.15, 0.2) is 10.2 Å². The van der Waals surface area contributed by atoms with Crippen molar-refractivity contribution in [1.82, 2.24) is 10.3 Å². The Bertz CT molecular complexity index is 931. The second-order valence-electron chi connectivity index (χ2n) is 5.49. The Balaban J connectivity index is 1.69. The number of aromatic nitrogens is 1. The van der Waals surface area contributed by atoms with Crippen molar-refractivity contribution in [2.24, 2.45) is 0 Å². The van der Waals surface area contributed by atoms with Crippen LogP contribution in [0.1, 0.15) is 5.56 Å². The quantitative estimate of drug-likeness (QED) is 0.514. The predicted octanol–water partition coefficient (Wildman–Crippen LogP) is 3.51. The number of hydrogen-bond donors (Lipinski definition) is 2. The van der Waals surface area contributed by atoms with Crippen LogP contribution in [0.4, 0.5) is 9.52 Å². The number of benzene rings is 2. The zero-order chi connectivity index (χ0) is 18.5. The molecule has 0 spiro atoms.